The summed E-state index contributed by atoms with van der Waals surface area (Å²) >= 11 is 7.31. The van der Waals surface area contributed by atoms with Crippen molar-refractivity contribution in [2.75, 3.05) is 23.8 Å². The van der Waals surface area contributed by atoms with E-state index in [1.165, 1.54) is 29.8 Å². The average Bonchev–Trinajstić information content (AvgIpc) is 3.22. The van der Waals surface area contributed by atoms with Gasteiger partial charge in [0.05, 0.1) is 17.7 Å². The number of amides is 1. The molecule has 9 heteroatoms. The van der Waals surface area contributed by atoms with Gasteiger partial charge in [-0.2, -0.15) is 0 Å². The number of nitrogens with zero attached hydrogens (tertiary/aromatic N) is 1. The number of ether oxygens (including phenoxy) is 1. The first kappa shape index (κ1) is 23.1. The highest BCUT2D eigenvalue weighted by Crippen LogP contribution is 2.34. The zero-order valence-electron chi connectivity index (χ0n) is 18.1. The van der Waals surface area contributed by atoms with Gasteiger partial charge >= 0.3 is 0 Å². The van der Waals surface area contributed by atoms with Crippen LogP contribution in [-0.4, -0.2) is 28.5 Å². The van der Waals surface area contributed by atoms with Crippen molar-refractivity contribution >= 4 is 60.3 Å². The topological polar surface area (TPSA) is 75.7 Å². The van der Waals surface area contributed by atoms with Gasteiger partial charge in [-0.05, 0) is 72.5 Å². The molecule has 4 aromatic rings. The molecular formula is C24H21ClN2O4S2. The number of benzene rings is 3. The lowest BCUT2D eigenvalue weighted by atomic mass is 10.2. The third kappa shape index (κ3) is 4.68. The first-order valence-corrected chi connectivity index (χ1v) is 12.6. The molecule has 1 amide bonds. The Bertz CT molecular complexity index is 1460. The molecule has 170 valence electrons. The summed E-state index contributed by atoms with van der Waals surface area (Å²) in [6.45, 7) is 1.83. The maximum absolute atomic E-state index is 13.3. The molecule has 0 unspecified atom stereocenters. The average molecular weight is 501 g/mol. The Morgan fingerprint density at radius 1 is 1.06 bits per heavy atom. The minimum Gasteiger partial charge on any atom is -0.495 e. The first-order chi connectivity index (χ1) is 15.7. The summed E-state index contributed by atoms with van der Waals surface area (Å²) in [6.07, 6.45) is 0. The van der Waals surface area contributed by atoms with Gasteiger partial charge in [-0.3, -0.25) is 9.10 Å². The summed E-state index contributed by atoms with van der Waals surface area (Å²) in [6, 6.07) is 19.0. The number of rotatable bonds is 6. The van der Waals surface area contributed by atoms with Gasteiger partial charge in [0.15, 0.2) is 0 Å². The molecule has 0 saturated heterocycles. The van der Waals surface area contributed by atoms with Crippen LogP contribution in [-0.2, 0) is 10.0 Å². The number of halogens is 1. The molecular weight excluding hydrogens is 480 g/mol. The van der Waals surface area contributed by atoms with Gasteiger partial charge in [-0.15, -0.1) is 11.3 Å². The highest BCUT2D eigenvalue weighted by atomic mass is 35.5. The quantitative estimate of drug-likeness (QED) is 0.355. The fourth-order valence-electron chi connectivity index (χ4n) is 3.37. The van der Waals surface area contributed by atoms with E-state index in [1.54, 1.807) is 60.7 Å². The number of nitrogens with one attached hydrogen (secondary N) is 1. The molecule has 33 heavy (non-hydrogen) atoms. The van der Waals surface area contributed by atoms with E-state index < -0.39 is 10.0 Å². The Balaban J connectivity index is 1.64. The summed E-state index contributed by atoms with van der Waals surface area (Å²) in [5.74, 6) is 0.0227. The maximum atomic E-state index is 13.3. The number of hydrogen-bond acceptors (Lipinski definition) is 5. The van der Waals surface area contributed by atoms with E-state index in [0.717, 1.165) is 15.6 Å². The maximum Gasteiger partial charge on any atom is 0.267 e. The van der Waals surface area contributed by atoms with Crippen LogP contribution in [0.3, 0.4) is 0 Å². The van der Waals surface area contributed by atoms with Crippen LogP contribution in [0, 0.1) is 6.92 Å². The van der Waals surface area contributed by atoms with Crippen molar-refractivity contribution in [1.29, 1.82) is 0 Å². The third-order valence-electron chi connectivity index (χ3n) is 5.13. The summed E-state index contributed by atoms with van der Waals surface area (Å²) < 4.78 is 34.0. The Hall–Kier alpha value is -3.07. The number of sulfonamides is 1. The zero-order chi connectivity index (χ0) is 23.8. The van der Waals surface area contributed by atoms with E-state index in [2.05, 4.69) is 5.32 Å². The molecule has 0 bridgehead atoms. The largest absolute Gasteiger partial charge is 0.495 e. The molecule has 0 aliphatic heterocycles. The number of anilines is 2. The minimum absolute atomic E-state index is 0.0968. The normalized spacial score (nSPS) is 11.4. The molecule has 6 nitrogen and oxygen atoms in total. The predicted octanol–water partition coefficient (Wildman–Crippen LogP) is 5.95. The van der Waals surface area contributed by atoms with Gasteiger partial charge in [0.1, 0.15) is 10.6 Å². The number of methoxy groups -OCH3 is 1. The van der Waals surface area contributed by atoms with Crippen LogP contribution >= 0.6 is 22.9 Å². The molecule has 3 aromatic carbocycles. The lowest BCUT2D eigenvalue weighted by Gasteiger charge is -2.21. The zero-order valence-corrected chi connectivity index (χ0v) is 20.5. The standard InChI is InChI=1S/C24H21ClN2O4S2/c1-15-7-9-20(31-3)23(11-15)33(29,30)27(2)19-8-10-21-16(12-19)13-22(32-21)24(28)26-18-6-4-5-17(25)14-18/h4-14H,1-3H3,(H,26,28). The Kier molecular flexibility index (Phi) is 6.34. The van der Waals surface area contributed by atoms with Crippen LogP contribution in [0.25, 0.3) is 10.1 Å². The molecule has 0 atom stereocenters. The highest BCUT2D eigenvalue weighted by molar-refractivity contribution is 7.93. The second kappa shape index (κ2) is 9.05. The van der Waals surface area contributed by atoms with Crippen LogP contribution in [0.5, 0.6) is 5.75 Å². The molecule has 0 saturated carbocycles. The van der Waals surface area contributed by atoms with Crippen molar-refractivity contribution in [2.24, 2.45) is 0 Å². The van der Waals surface area contributed by atoms with Crippen molar-refractivity contribution in [3.05, 3.63) is 82.2 Å². The Labute approximate surface area is 201 Å². The van der Waals surface area contributed by atoms with E-state index in [9.17, 15) is 13.2 Å². The van der Waals surface area contributed by atoms with Crippen molar-refractivity contribution in [3.63, 3.8) is 0 Å². The molecule has 0 aliphatic carbocycles. The van der Waals surface area contributed by atoms with E-state index >= 15 is 0 Å². The van der Waals surface area contributed by atoms with E-state index in [-0.39, 0.29) is 16.6 Å². The SMILES string of the molecule is COc1ccc(C)cc1S(=O)(=O)N(C)c1ccc2sc(C(=O)Nc3cccc(Cl)c3)cc2c1. The van der Waals surface area contributed by atoms with Gasteiger partial charge in [-0.1, -0.05) is 23.7 Å². The van der Waals surface area contributed by atoms with Crippen molar-refractivity contribution in [2.45, 2.75) is 11.8 Å². The monoisotopic (exact) mass is 500 g/mol. The summed E-state index contributed by atoms with van der Waals surface area (Å²) in [5, 5.41) is 4.13. The number of fused-ring (bicyclic) bond motifs is 1. The molecule has 0 spiro atoms. The number of thiophene rings is 1. The molecule has 4 rings (SSSR count). The lowest BCUT2D eigenvalue weighted by molar-refractivity contribution is 0.103. The van der Waals surface area contributed by atoms with E-state index in [0.29, 0.717) is 21.3 Å². The van der Waals surface area contributed by atoms with Crippen LogP contribution in [0.1, 0.15) is 15.2 Å². The summed E-state index contributed by atoms with van der Waals surface area (Å²) in [7, 11) is -0.921. The molecule has 0 radical (unpaired) electrons. The first-order valence-electron chi connectivity index (χ1n) is 9.93. The Morgan fingerprint density at radius 3 is 2.58 bits per heavy atom. The van der Waals surface area contributed by atoms with Gasteiger partial charge in [-0.25, -0.2) is 8.42 Å². The van der Waals surface area contributed by atoms with Crippen LogP contribution < -0.4 is 14.4 Å². The fraction of sp³-hybridized carbons (Fsp3) is 0.125. The summed E-state index contributed by atoms with van der Waals surface area (Å²) in [5.41, 5.74) is 1.89. The fourth-order valence-corrected chi connectivity index (χ4v) is 5.92. The summed E-state index contributed by atoms with van der Waals surface area (Å²) in [4.78, 5) is 13.3. The number of carbonyl (C=O) groups excluding carboxylic acids is 1. The van der Waals surface area contributed by atoms with Gasteiger partial charge in [0, 0.05) is 22.5 Å². The second-order valence-electron chi connectivity index (χ2n) is 7.42. The van der Waals surface area contributed by atoms with Gasteiger partial charge < -0.3 is 10.1 Å². The van der Waals surface area contributed by atoms with Crippen LogP contribution in [0.4, 0.5) is 11.4 Å². The minimum atomic E-state index is -3.86. The molecule has 0 fully saturated rings. The number of aryl methyl sites for hydroxylation is 1. The number of carbonyl (C=O) groups is 1. The molecule has 1 N–H and O–H groups in total. The smallest absolute Gasteiger partial charge is 0.267 e. The van der Waals surface area contributed by atoms with Crippen molar-refractivity contribution in [1.82, 2.24) is 0 Å². The van der Waals surface area contributed by atoms with E-state index in [4.69, 9.17) is 16.3 Å². The molecule has 1 heterocycles. The predicted molar refractivity (Wildman–Crippen MR) is 135 cm³/mol. The molecule has 0 aliphatic rings. The highest BCUT2D eigenvalue weighted by Gasteiger charge is 2.26. The lowest BCUT2D eigenvalue weighted by Crippen LogP contribution is -2.27. The Morgan fingerprint density at radius 2 is 1.85 bits per heavy atom. The van der Waals surface area contributed by atoms with Crippen molar-refractivity contribution in [3.8, 4) is 5.75 Å². The van der Waals surface area contributed by atoms with Gasteiger partial charge in [0.25, 0.3) is 15.9 Å². The van der Waals surface area contributed by atoms with E-state index in [1.807, 2.05) is 13.0 Å². The van der Waals surface area contributed by atoms with Crippen molar-refractivity contribution < 1.29 is 17.9 Å². The molecule has 1 aromatic heterocycles. The van der Waals surface area contributed by atoms with Crippen LogP contribution in [0.15, 0.2) is 71.6 Å². The number of hydrogen-bond donors (Lipinski definition) is 1. The third-order valence-corrected chi connectivity index (χ3v) is 8.28. The van der Waals surface area contributed by atoms with Crippen LogP contribution in [0.2, 0.25) is 5.02 Å². The van der Waals surface area contributed by atoms with Gasteiger partial charge in [0.2, 0.25) is 0 Å². The second-order valence-corrected chi connectivity index (χ2v) is 10.9.